The summed E-state index contributed by atoms with van der Waals surface area (Å²) in [6.45, 7) is 4.72. The molecule has 2 aromatic heterocycles. The Morgan fingerprint density at radius 2 is 2.08 bits per heavy atom. The molecule has 7 heteroatoms. The van der Waals surface area contributed by atoms with Crippen molar-refractivity contribution in [2.24, 2.45) is 0 Å². The van der Waals surface area contributed by atoms with E-state index >= 15 is 0 Å². The normalized spacial score (nSPS) is 17.3. The van der Waals surface area contributed by atoms with Crippen LogP contribution in [0.15, 0.2) is 30.3 Å². The zero-order valence-corrected chi connectivity index (χ0v) is 14.9. The second kappa shape index (κ2) is 6.40. The van der Waals surface area contributed by atoms with Gasteiger partial charge >= 0.3 is 0 Å². The van der Waals surface area contributed by atoms with E-state index in [1.54, 1.807) is 6.07 Å². The Kier molecular flexibility index (Phi) is 4.06. The summed E-state index contributed by atoms with van der Waals surface area (Å²) >= 11 is 0. The monoisotopic (exact) mass is 350 g/mol. The maximum atomic E-state index is 13.1. The molecule has 0 aliphatic carbocycles. The van der Waals surface area contributed by atoms with Crippen LogP contribution in [0.25, 0.3) is 11.0 Å². The van der Waals surface area contributed by atoms with Gasteiger partial charge in [0.15, 0.2) is 0 Å². The van der Waals surface area contributed by atoms with E-state index in [1.807, 2.05) is 43.0 Å². The fourth-order valence-corrected chi connectivity index (χ4v) is 3.46. The molecule has 1 aliphatic rings. The number of aromatic amines is 1. The molecule has 1 atom stereocenters. The van der Waals surface area contributed by atoms with E-state index < -0.39 is 0 Å². The summed E-state index contributed by atoms with van der Waals surface area (Å²) in [5, 5.41) is 0. The second-order valence-electron chi connectivity index (χ2n) is 6.99. The molecular weight excluding hydrogens is 328 g/mol. The SMILES string of the molecule is CC(C)c1cc(C(=O)N2CCCC2c2nc3ccccc3[nH]2)nc(N)n1. The zero-order chi connectivity index (χ0) is 18.3. The van der Waals surface area contributed by atoms with Crippen molar-refractivity contribution in [2.75, 3.05) is 12.3 Å². The number of H-pyrrole nitrogens is 1. The Labute approximate surface area is 151 Å². The van der Waals surface area contributed by atoms with E-state index in [-0.39, 0.29) is 23.8 Å². The number of benzene rings is 1. The van der Waals surface area contributed by atoms with Crippen LogP contribution in [0, 0.1) is 0 Å². The molecule has 134 valence electrons. The van der Waals surface area contributed by atoms with Crippen molar-refractivity contribution in [3.8, 4) is 0 Å². The predicted molar refractivity (Wildman–Crippen MR) is 99.6 cm³/mol. The van der Waals surface area contributed by atoms with E-state index in [0.29, 0.717) is 12.2 Å². The van der Waals surface area contributed by atoms with Gasteiger partial charge < -0.3 is 15.6 Å². The molecule has 1 amide bonds. The molecule has 1 aromatic carbocycles. The van der Waals surface area contributed by atoms with E-state index in [4.69, 9.17) is 5.73 Å². The fraction of sp³-hybridized carbons (Fsp3) is 0.368. The number of hydrogen-bond donors (Lipinski definition) is 2. The third-order valence-electron chi connectivity index (χ3n) is 4.81. The summed E-state index contributed by atoms with van der Waals surface area (Å²) in [7, 11) is 0. The summed E-state index contributed by atoms with van der Waals surface area (Å²) in [5.74, 6) is 1.02. The minimum atomic E-state index is -0.121. The van der Waals surface area contributed by atoms with Gasteiger partial charge in [-0.15, -0.1) is 0 Å². The van der Waals surface area contributed by atoms with E-state index in [0.717, 1.165) is 35.4 Å². The summed E-state index contributed by atoms with van der Waals surface area (Å²) in [6, 6.07) is 9.56. The number of amides is 1. The zero-order valence-electron chi connectivity index (χ0n) is 14.9. The van der Waals surface area contributed by atoms with Gasteiger partial charge in [-0.1, -0.05) is 26.0 Å². The lowest BCUT2D eigenvalue weighted by Crippen LogP contribution is -2.32. The molecule has 3 heterocycles. The number of nitrogen functional groups attached to an aromatic ring is 1. The number of hydrogen-bond acceptors (Lipinski definition) is 5. The molecule has 0 saturated carbocycles. The smallest absolute Gasteiger partial charge is 0.273 e. The third kappa shape index (κ3) is 2.89. The van der Waals surface area contributed by atoms with Gasteiger partial charge in [0.05, 0.1) is 17.1 Å². The van der Waals surface area contributed by atoms with Crippen LogP contribution in [0.3, 0.4) is 0 Å². The standard InChI is InChI=1S/C19H22N6O/c1-11(2)14-10-15(24-19(20)23-14)18(26)25-9-5-8-16(25)17-21-12-6-3-4-7-13(12)22-17/h3-4,6-7,10-11,16H,5,8-9H2,1-2H3,(H,21,22)(H2,20,23,24). The van der Waals surface area contributed by atoms with Gasteiger partial charge in [0.1, 0.15) is 11.5 Å². The van der Waals surface area contributed by atoms with Gasteiger partial charge in [0.25, 0.3) is 5.91 Å². The first kappa shape index (κ1) is 16.5. The van der Waals surface area contributed by atoms with Crippen LogP contribution in [0.2, 0.25) is 0 Å². The number of nitrogens with one attached hydrogen (secondary N) is 1. The maximum Gasteiger partial charge on any atom is 0.273 e. The van der Waals surface area contributed by atoms with Gasteiger partial charge in [-0.3, -0.25) is 4.79 Å². The van der Waals surface area contributed by atoms with Crippen molar-refractivity contribution >= 4 is 22.9 Å². The highest BCUT2D eigenvalue weighted by atomic mass is 16.2. The van der Waals surface area contributed by atoms with Crippen molar-refractivity contribution < 1.29 is 4.79 Å². The van der Waals surface area contributed by atoms with Crippen LogP contribution in [0.4, 0.5) is 5.95 Å². The Morgan fingerprint density at radius 1 is 1.27 bits per heavy atom. The lowest BCUT2D eigenvalue weighted by Gasteiger charge is -2.23. The van der Waals surface area contributed by atoms with Crippen LogP contribution < -0.4 is 5.73 Å². The minimum Gasteiger partial charge on any atom is -0.368 e. The molecule has 1 aliphatic heterocycles. The Hall–Kier alpha value is -2.96. The average Bonchev–Trinajstić information content (AvgIpc) is 3.26. The number of carbonyl (C=O) groups is 1. The molecule has 0 bridgehead atoms. The number of imidazole rings is 1. The van der Waals surface area contributed by atoms with Crippen molar-refractivity contribution in [1.29, 1.82) is 0 Å². The number of carbonyl (C=O) groups excluding carboxylic acids is 1. The number of aromatic nitrogens is 4. The van der Waals surface area contributed by atoms with Crippen LogP contribution >= 0.6 is 0 Å². The Bertz CT molecular complexity index is 931. The van der Waals surface area contributed by atoms with E-state index in [9.17, 15) is 4.79 Å². The molecule has 3 aromatic rings. The van der Waals surface area contributed by atoms with Crippen LogP contribution in [-0.2, 0) is 0 Å². The van der Waals surface area contributed by atoms with E-state index in [1.165, 1.54) is 0 Å². The molecule has 0 radical (unpaired) electrons. The summed E-state index contributed by atoms with van der Waals surface area (Å²) in [4.78, 5) is 31.4. The second-order valence-corrected chi connectivity index (χ2v) is 6.99. The first-order valence-electron chi connectivity index (χ1n) is 8.93. The number of fused-ring (bicyclic) bond motifs is 1. The van der Waals surface area contributed by atoms with Gasteiger partial charge in [0.2, 0.25) is 5.95 Å². The molecule has 26 heavy (non-hydrogen) atoms. The van der Waals surface area contributed by atoms with E-state index in [2.05, 4.69) is 19.9 Å². The van der Waals surface area contributed by atoms with Gasteiger partial charge in [-0.05, 0) is 37.0 Å². The molecule has 3 N–H and O–H groups in total. The molecular formula is C19H22N6O. The largest absolute Gasteiger partial charge is 0.368 e. The van der Waals surface area contributed by atoms with Crippen LogP contribution in [0.1, 0.15) is 60.7 Å². The number of nitrogens with zero attached hydrogens (tertiary/aromatic N) is 4. The third-order valence-corrected chi connectivity index (χ3v) is 4.81. The van der Waals surface area contributed by atoms with Crippen LogP contribution in [-0.4, -0.2) is 37.3 Å². The number of anilines is 1. The number of likely N-dealkylation sites (tertiary alicyclic amines) is 1. The summed E-state index contributed by atoms with van der Waals surface area (Å²) in [6.07, 6.45) is 1.81. The molecule has 4 rings (SSSR count). The Morgan fingerprint density at radius 3 is 2.85 bits per heavy atom. The molecule has 1 fully saturated rings. The predicted octanol–water partition coefficient (Wildman–Crippen LogP) is 3.04. The maximum absolute atomic E-state index is 13.1. The van der Waals surface area contributed by atoms with Gasteiger partial charge in [0, 0.05) is 12.2 Å². The average molecular weight is 350 g/mol. The Balaban J connectivity index is 1.67. The molecule has 1 unspecified atom stereocenters. The summed E-state index contributed by atoms with van der Waals surface area (Å²) in [5.41, 5.74) is 8.84. The highest BCUT2D eigenvalue weighted by Crippen LogP contribution is 2.32. The van der Waals surface area contributed by atoms with Crippen molar-refractivity contribution in [3.63, 3.8) is 0 Å². The minimum absolute atomic E-state index is 0.0754. The highest BCUT2D eigenvalue weighted by molar-refractivity contribution is 5.93. The molecule has 0 spiro atoms. The number of para-hydroxylation sites is 2. The van der Waals surface area contributed by atoms with Gasteiger partial charge in [-0.25, -0.2) is 15.0 Å². The van der Waals surface area contributed by atoms with Gasteiger partial charge in [-0.2, -0.15) is 0 Å². The summed E-state index contributed by atoms with van der Waals surface area (Å²) < 4.78 is 0. The first-order chi connectivity index (χ1) is 12.5. The van der Waals surface area contributed by atoms with Crippen molar-refractivity contribution in [2.45, 2.75) is 38.6 Å². The number of nitrogens with two attached hydrogens (primary N) is 1. The van der Waals surface area contributed by atoms with Crippen molar-refractivity contribution in [3.05, 3.63) is 47.5 Å². The fourth-order valence-electron chi connectivity index (χ4n) is 3.46. The lowest BCUT2D eigenvalue weighted by molar-refractivity contribution is 0.0724. The number of rotatable bonds is 3. The highest BCUT2D eigenvalue weighted by Gasteiger charge is 2.33. The van der Waals surface area contributed by atoms with Crippen molar-refractivity contribution in [1.82, 2.24) is 24.8 Å². The van der Waals surface area contributed by atoms with Crippen LogP contribution in [0.5, 0.6) is 0 Å². The molecule has 1 saturated heterocycles. The first-order valence-corrected chi connectivity index (χ1v) is 8.93. The lowest BCUT2D eigenvalue weighted by atomic mass is 10.1. The topological polar surface area (TPSA) is 101 Å². The quantitative estimate of drug-likeness (QED) is 0.756. The molecule has 7 nitrogen and oxygen atoms in total.